The molecule has 0 atom stereocenters. The lowest BCUT2D eigenvalue weighted by Gasteiger charge is -2.11. The van der Waals surface area contributed by atoms with Crippen molar-refractivity contribution in [3.63, 3.8) is 0 Å². The Kier molecular flexibility index (Phi) is 5.50. The van der Waals surface area contributed by atoms with Crippen LogP contribution in [-0.2, 0) is 6.54 Å². The molecule has 3 aromatic rings. The standard InChI is InChI=1S/C22H24N4O/c1-14-5-8-18(9-6-14)13-23-22(27)20-12-21(25-17(4)24-20)26-19-10-7-15(2)11-16(19)3/h5-12H,13H2,1-4H3,(H,23,27)(H,24,25,26). The van der Waals surface area contributed by atoms with Crippen molar-refractivity contribution in [1.82, 2.24) is 15.3 Å². The van der Waals surface area contributed by atoms with Crippen LogP contribution in [0, 0.1) is 27.7 Å². The van der Waals surface area contributed by atoms with Crippen LogP contribution < -0.4 is 10.6 Å². The largest absolute Gasteiger partial charge is 0.347 e. The van der Waals surface area contributed by atoms with E-state index in [1.165, 1.54) is 11.1 Å². The highest BCUT2D eigenvalue weighted by molar-refractivity contribution is 5.93. The average Bonchev–Trinajstić information content (AvgIpc) is 2.63. The van der Waals surface area contributed by atoms with Crippen molar-refractivity contribution in [1.29, 1.82) is 0 Å². The highest BCUT2D eigenvalue weighted by atomic mass is 16.1. The minimum Gasteiger partial charge on any atom is -0.347 e. The molecule has 0 aliphatic heterocycles. The SMILES string of the molecule is Cc1ccc(CNC(=O)c2cc(Nc3ccc(C)cc3C)nc(C)n2)cc1. The van der Waals surface area contributed by atoms with E-state index < -0.39 is 0 Å². The molecule has 0 saturated carbocycles. The van der Waals surface area contributed by atoms with Gasteiger partial charge in [0.1, 0.15) is 17.3 Å². The molecular weight excluding hydrogens is 336 g/mol. The van der Waals surface area contributed by atoms with E-state index in [1.807, 2.05) is 50.2 Å². The van der Waals surface area contributed by atoms with E-state index in [0.29, 0.717) is 23.9 Å². The van der Waals surface area contributed by atoms with Crippen LogP contribution in [-0.4, -0.2) is 15.9 Å². The van der Waals surface area contributed by atoms with Crippen LogP contribution in [0.5, 0.6) is 0 Å². The Balaban J connectivity index is 1.73. The molecule has 0 saturated heterocycles. The summed E-state index contributed by atoms with van der Waals surface area (Å²) in [4.78, 5) is 21.2. The fourth-order valence-electron chi connectivity index (χ4n) is 2.82. The first-order valence-electron chi connectivity index (χ1n) is 8.94. The van der Waals surface area contributed by atoms with Gasteiger partial charge in [0.15, 0.2) is 0 Å². The molecule has 2 N–H and O–H groups in total. The number of amides is 1. The molecule has 0 bridgehead atoms. The molecule has 138 valence electrons. The zero-order valence-electron chi connectivity index (χ0n) is 16.1. The molecule has 5 nitrogen and oxygen atoms in total. The number of anilines is 2. The minimum atomic E-state index is -0.218. The Morgan fingerprint density at radius 3 is 2.30 bits per heavy atom. The van der Waals surface area contributed by atoms with E-state index in [4.69, 9.17) is 0 Å². The zero-order chi connectivity index (χ0) is 19.4. The maximum absolute atomic E-state index is 12.5. The van der Waals surface area contributed by atoms with Gasteiger partial charge in [-0.25, -0.2) is 9.97 Å². The summed E-state index contributed by atoms with van der Waals surface area (Å²) in [5, 5.41) is 6.20. The van der Waals surface area contributed by atoms with Crippen molar-refractivity contribution >= 4 is 17.4 Å². The second kappa shape index (κ2) is 7.99. The molecule has 1 amide bonds. The van der Waals surface area contributed by atoms with Gasteiger partial charge < -0.3 is 10.6 Å². The quantitative estimate of drug-likeness (QED) is 0.708. The van der Waals surface area contributed by atoms with Gasteiger partial charge in [-0.05, 0) is 44.9 Å². The fourth-order valence-corrected chi connectivity index (χ4v) is 2.82. The van der Waals surface area contributed by atoms with Crippen molar-refractivity contribution in [3.05, 3.63) is 82.3 Å². The molecule has 0 radical (unpaired) electrons. The number of hydrogen-bond donors (Lipinski definition) is 2. The van der Waals surface area contributed by atoms with Crippen molar-refractivity contribution in [2.75, 3.05) is 5.32 Å². The smallest absolute Gasteiger partial charge is 0.270 e. The minimum absolute atomic E-state index is 0.218. The van der Waals surface area contributed by atoms with Gasteiger partial charge in [0.05, 0.1) is 0 Å². The van der Waals surface area contributed by atoms with E-state index in [1.54, 1.807) is 13.0 Å². The monoisotopic (exact) mass is 360 g/mol. The molecule has 0 aliphatic rings. The van der Waals surface area contributed by atoms with Crippen LogP contribution in [0.4, 0.5) is 11.5 Å². The maximum atomic E-state index is 12.5. The van der Waals surface area contributed by atoms with Crippen LogP contribution >= 0.6 is 0 Å². The highest BCUT2D eigenvalue weighted by Gasteiger charge is 2.11. The topological polar surface area (TPSA) is 66.9 Å². The van der Waals surface area contributed by atoms with Crippen molar-refractivity contribution < 1.29 is 4.79 Å². The summed E-state index contributed by atoms with van der Waals surface area (Å²) in [6.45, 7) is 8.38. The molecule has 2 aromatic carbocycles. The van der Waals surface area contributed by atoms with Crippen LogP contribution in [0.25, 0.3) is 0 Å². The molecule has 5 heteroatoms. The Hall–Kier alpha value is -3.21. The molecule has 27 heavy (non-hydrogen) atoms. The molecule has 1 heterocycles. The van der Waals surface area contributed by atoms with Gasteiger partial charge in [0.25, 0.3) is 5.91 Å². The summed E-state index contributed by atoms with van der Waals surface area (Å²) < 4.78 is 0. The number of carbonyl (C=O) groups excluding carboxylic acids is 1. The van der Waals surface area contributed by atoms with Gasteiger partial charge in [-0.3, -0.25) is 4.79 Å². The van der Waals surface area contributed by atoms with Gasteiger partial charge in [-0.1, -0.05) is 47.5 Å². The predicted octanol–water partition coefficient (Wildman–Crippen LogP) is 4.38. The van der Waals surface area contributed by atoms with Crippen molar-refractivity contribution in [2.45, 2.75) is 34.2 Å². The van der Waals surface area contributed by atoms with Crippen molar-refractivity contribution in [3.8, 4) is 0 Å². The molecular formula is C22H24N4O. The maximum Gasteiger partial charge on any atom is 0.270 e. The zero-order valence-corrected chi connectivity index (χ0v) is 16.1. The summed E-state index contributed by atoms with van der Waals surface area (Å²) in [6.07, 6.45) is 0. The Morgan fingerprint density at radius 1 is 0.889 bits per heavy atom. The Morgan fingerprint density at radius 2 is 1.59 bits per heavy atom. The number of hydrogen-bond acceptors (Lipinski definition) is 4. The highest BCUT2D eigenvalue weighted by Crippen LogP contribution is 2.20. The molecule has 0 aliphatic carbocycles. The lowest BCUT2D eigenvalue weighted by Crippen LogP contribution is -2.24. The first-order chi connectivity index (χ1) is 12.9. The van der Waals surface area contributed by atoms with Gasteiger partial charge in [0.2, 0.25) is 0 Å². The van der Waals surface area contributed by atoms with E-state index in [0.717, 1.165) is 16.8 Å². The second-order valence-corrected chi connectivity index (χ2v) is 6.80. The second-order valence-electron chi connectivity index (χ2n) is 6.80. The molecule has 1 aromatic heterocycles. The summed E-state index contributed by atoms with van der Waals surface area (Å²) in [5.41, 5.74) is 5.88. The number of benzene rings is 2. The number of carbonyl (C=O) groups is 1. The average molecular weight is 360 g/mol. The fraction of sp³-hybridized carbons (Fsp3) is 0.227. The summed E-state index contributed by atoms with van der Waals surface area (Å²) in [7, 11) is 0. The number of aromatic nitrogens is 2. The third kappa shape index (κ3) is 4.91. The Labute approximate surface area is 159 Å². The summed E-state index contributed by atoms with van der Waals surface area (Å²) >= 11 is 0. The normalized spacial score (nSPS) is 10.5. The summed E-state index contributed by atoms with van der Waals surface area (Å²) in [6, 6.07) is 15.9. The number of nitrogens with one attached hydrogen (secondary N) is 2. The predicted molar refractivity (Wildman–Crippen MR) is 108 cm³/mol. The number of nitrogens with zero attached hydrogens (tertiary/aromatic N) is 2. The van der Waals surface area contributed by atoms with Crippen LogP contribution in [0.1, 0.15) is 38.6 Å². The van der Waals surface area contributed by atoms with Gasteiger partial charge in [-0.15, -0.1) is 0 Å². The summed E-state index contributed by atoms with van der Waals surface area (Å²) in [5.74, 6) is 0.935. The number of aryl methyl sites for hydroxylation is 4. The van der Waals surface area contributed by atoms with Gasteiger partial charge >= 0.3 is 0 Å². The molecule has 0 unspecified atom stereocenters. The Bertz CT molecular complexity index is 965. The van der Waals surface area contributed by atoms with E-state index in [-0.39, 0.29) is 5.91 Å². The first kappa shape index (κ1) is 18.6. The van der Waals surface area contributed by atoms with Crippen LogP contribution in [0.3, 0.4) is 0 Å². The third-order valence-corrected chi connectivity index (χ3v) is 4.29. The molecule has 0 fully saturated rings. The molecule has 3 rings (SSSR count). The van der Waals surface area contributed by atoms with E-state index >= 15 is 0 Å². The van der Waals surface area contributed by atoms with Crippen LogP contribution in [0.15, 0.2) is 48.5 Å². The lowest BCUT2D eigenvalue weighted by molar-refractivity contribution is 0.0945. The number of rotatable bonds is 5. The molecule has 0 spiro atoms. The third-order valence-electron chi connectivity index (χ3n) is 4.29. The first-order valence-corrected chi connectivity index (χ1v) is 8.94. The van der Waals surface area contributed by atoms with Crippen LogP contribution in [0.2, 0.25) is 0 Å². The van der Waals surface area contributed by atoms with Gasteiger partial charge in [0, 0.05) is 18.3 Å². The van der Waals surface area contributed by atoms with Gasteiger partial charge in [-0.2, -0.15) is 0 Å². The van der Waals surface area contributed by atoms with Crippen molar-refractivity contribution in [2.24, 2.45) is 0 Å². The van der Waals surface area contributed by atoms with E-state index in [9.17, 15) is 4.79 Å². The van der Waals surface area contributed by atoms with E-state index in [2.05, 4.69) is 33.6 Å². The lowest BCUT2D eigenvalue weighted by atomic mass is 10.1.